The van der Waals surface area contributed by atoms with Gasteiger partial charge in [0.05, 0.1) is 10.1 Å². The molecule has 0 unspecified atom stereocenters. The minimum absolute atomic E-state index is 0.129. The van der Waals surface area contributed by atoms with Gasteiger partial charge in [0.2, 0.25) is 0 Å². The predicted octanol–water partition coefficient (Wildman–Crippen LogP) is 0.352. The molecular formula is C10H12NO4S-. The topological polar surface area (TPSA) is 86.3 Å². The first-order valence-electron chi connectivity index (χ1n) is 4.76. The summed E-state index contributed by atoms with van der Waals surface area (Å²) in [5.41, 5.74) is 0.507. The molecule has 0 aliphatic rings. The fourth-order valence-corrected chi connectivity index (χ4v) is 1.64. The van der Waals surface area contributed by atoms with Gasteiger partial charge in [0.25, 0.3) is 5.91 Å². The monoisotopic (exact) mass is 242 g/mol. The van der Waals surface area contributed by atoms with Gasteiger partial charge in [-0.2, -0.15) is 0 Å². The fourth-order valence-electron chi connectivity index (χ4n) is 1.14. The third-order valence-corrected chi connectivity index (χ3v) is 2.68. The summed E-state index contributed by atoms with van der Waals surface area (Å²) in [4.78, 5) is 11.4. The van der Waals surface area contributed by atoms with Gasteiger partial charge in [0.15, 0.2) is 0 Å². The average molecular weight is 242 g/mol. The maximum Gasteiger partial charge on any atom is 0.251 e. The molecule has 88 valence electrons. The van der Waals surface area contributed by atoms with Gasteiger partial charge in [-0.3, -0.25) is 4.79 Å². The summed E-state index contributed by atoms with van der Waals surface area (Å²) in [5, 5.41) is 2.53. The standard InChI is InChI=1S/C10H13NO4S/c12-10(9-5-2-1-3-6-9)11-7-4-8-16(13,14)15/h1-3,5-6H,4,7-8H2,(H,11,12)(H,13,14,15)/p-1. The lowest BCUT2D eigenvalue weighted by atomic mass is 10.2. The minimum Gasteiger partial charge on any atom is -0.748 e. The van der Waals surface area contributed by atoms with Crippen LogP contribution in [0.1, 0.15) is 16.8 Å². The Morgan fingerprint density at radius 2 is 1.88 bits per heavy atom. The number of carbonyl (C=O) groups is 1. The molecule has 0 aliphatic carbocycles. The highest BCUT2D eigenvalue weighted by Crippen LogP contribution is 1.97. The van der Waals surface area contributed by atoms with Crippen molar-refractivity contribution in [3.8, 4) is 0 Å². The molecule has 5 nitrogen and oxygen atoms in total. The van der Waals surface area contributed by atoms with E-state index in [1.807, 2.05) is 0 Å². The molecule has 0 atom stereocenters. The summed E-state index contributed by atoms with van der Waals surface area (Å²) < 4.78 is 30.8. The van der Waals surface area contributed by atoms with E-state index in [0.29, 0.717) is 5.56 Å². The molecule has 0 saturated carbocycles. The molecule has 1 amide bonds. The summed E-state index contributed by atoms with van der Waals surface area (Å²) in [5.74, 6) is -0.730. The highest BCUT2D eigenvalue weighted by atomic mass is 32.2. The van der Waals surface area contributed by atoms with Gasteiger partial charge < -0.3 is 9.87 Å². The summed E-state index contributed by atoms with van der Waals surface area (Å²) >= 11 is 0. The molecule has 0 spiro atoms. The zero-order valence-corrected chi connectivity index (χ0v) is 9.37. The van der Waals surface area contributed by atoms with Crippen molar-refractivity contribution in [3.63, 3.8) is 0 Å². The van der Waals surface area contributed by atoms with Crippen LogP contribution in [0, 0.1) is 0 Å². The van der Waals surface area contributed by atoms with Gasteiger partial charge in [-0.25, -0.2) is 8.42 Å². The zero-order valence-electron chi connectivity index (χ0n) is 8.55. The molecule has 0 aliphatic heterocycles. The number of hydrogen-bond donors (Lipinski definition) is 1. The van der Waals surface area contributed by atoms with Crippen LogP contribution in [0.15, 0.2) is 30.3 Å². The Bertz CT molecular complexity index is 441. The predicted molar refractivity (Wildman–Crippen MR) is 58.0 cm³/mol. The van der Waals surface area contributed by atoms with E-state index < -0.39 is 15.9 Å². The molecule has 0 aromatic heterocycles. The fraction of sp³-hybridized carbons (Fsp3) is 0.300. The number of benzene rings is 1. The van der Waals surface area contributed by atoms with Crippen LogP contribution in [0.25, 0.3) is 0 Å². The number of nitrogens with one attached hydrogen (secondary N) is 1. The first kappa shape index (κ1) is 12.7. The van der Waals surface area contributed by atoms with Crippen molar-refractivity contribution in [3.05, 3.63) is 35.9 Å². The van der Waals surface area contributed by atoms with E-state index in [4.69, 9.17) is 0 Å². The number of rotatable bonds is 5. The summed E-state index contributed by atoms with van der Waals surface area (Å²) in [6, 6.07) is 8.56. The zero-order chi connectivity index (χ0) is 12.0. The Morgan fingerprint density at radius 1 is 1.25 bits per heavy atom. The second-order valence-corrected chi connectivity index (χ2v) is 4.76. The molecule has 1 N–H and O–H groups in total. The van der Waals surface area contributed by atoms with E-state index in [2.05, 4.69) is 5.32 Å². The second-order valence-electron chi connectivity index (χ2n) is 3.24. The quantitative estimate of drug-likeness (QED) is 0.596. The Labute approximate surface area is 94.2 Å². The third-order valence-electron chi connectivity index (χ3n) is 1.89. The van der Waals surface area contributed by atoms with Gasteiger partial charge >= 0.3 is 0 Å². The molecule has 1 rings (SSSR count). The smallest absolute Gasteiger partial charge is 0.251 e. The van der Waals surface area contributed by atoms with Crippen molar-refractivity contribution < 1.29 is 17.8 Å². The van der Waals surface area contributed by atoms with Crippen LogP contribution in [0.5, 0.6) is 0 Å². The van der Waals surface area contributed by atoms with Crippen LogP contribution >= 0.6 is 0 Å². The van der Waals surface area contributed by atoms with E-state index in [0.717, 1.165) is 0 Å². The Balaban J connectivity index is 2.32. The lowest BCUT2D eigenvalue weighted by Crippen LogP contribution is -2.25. The Morgan fingerprint density at radius 3 is 2.44 bits per heavy atom. The normalized spacial score (nSPS) is 11.1. The van der Waals surface area contributed by atoms with Crippen molar-refractivity contribution in [2.45, 2.75) is 6.42 Å². The molecule has 16 heavy (non-hydrogen) atoms. The number of carbonyl (C=O) groups excluding carboxylic acids is 1. The third kappa shape index (κ3) is 4.90. The molecule has 0 saturated heterocycles. The highest BCUT2D eigenvalue weighted by Gasteiger charge is 2.03. The lowest BCUT2D eigenvalue weighted by molar-refractivity contribution is 0.0953. The Kier molecular flexibility index (Phi) is 4.45. The SMILES string of the molecule is O=C(NCCCS(=O)(=O)[O-])c1ccccc1. The van der Waals surface area contributed by atoms with Crippen molar-refractivity contribution >= 4 is 16.0 Å². The van der Waals surface area contributed by atoms with Crippen LogP contribution in [-0.4, -0.2) is 31.2 Å². The molecule has 0 radical (unpaired) electrons. The summed E-state index contributed by atoms with van der Waals surface area (Å²) in [6.07, 6.45) is 0.129. The van der Waals surface area contributed by atoms with Crippen molar-refractivity contribution in [2.24, 2.45) is 0 Å². The van der Waals surface area contributed by atoms with Crippen molar-refractivity contribution in [1.29, 1.82) is 0 Å². The maximum absolute atomic E-state index is 11.4. The van der Waals surface area contributed by atoms with Gasteiger partial charge in [-0.05, 0) is 18.6 Å². The van der Waals surface area contributed by atoms with Gasteiger partial charge in [-0.1, -0.05) is 18.2 Å². The van der Waals surface area contributed by atoms with Crippen LogP contribution in [0.3, 0.4) is 0 Å². The van der Waals surface area contributed by atoms with Crippen molar-refractivity contribution in [1.82, 2.24) is 5.32 Å². The number of hydrogen-bond acceptors (Lipinski definition) is 4. The second kappa shape index (κ2) is 5.62. The van der Waals surface area contributed by atoms with Crippen LogP contribution < -0.4 is 5.32 Å². The summed E-state index contributed by atoms with van der Waals surface area (Å²) in [6.45, 7) is 0.176. The van der Waals surface area contributed by atoms with Crippen LogP contribution in [0.4, 0.5) is 0 Å². The maximum atomic E-state index is 11.4. The van der Waals surface area contributed by atoms with E-state index in [1.165, 1.54) is 0 Å². The minimum atomic E-state index is -4.19. The molecule has 1 aromatic rings. The van der Waals surface area contributed by atoms with E-state index in [1.54, 1.807) is 30.3 Å². The first-order chi connectivity index (χ1) is 7.49. The molecule has 0 bridgehead atoms. The van der Waals surface area contributed by atoms with Crippen LogP contribution in [0.2, 0.25) is 0 Å². The van der Waals surface area contributed by atoms with Crippen LogP contribution in [-0.2, 0) is 10.1 Å². The van der Waals surface area contributed by atoms with E-state index >= 15 is 0 Å². The Hall–Kier alpha value is -1.40. The molecule has 6 heteroatoms. The average Bonchev–Trinajstić information content (AvgIpc) is 2.24. The largest absolute Gasteiger partial charge is 0.748 e. The van der Waals surface area contributed by atoms with Gasteiger partial charge in [0.1, 0.15) is 0 Å². The first-order valence-corrected chi connectivity index (χ1v) is 6.33. The van der Waals surface area contributed by atoms with Gasteiger partial charge in [-0.15, -0.1) is 0 Å². The van der Waals surface area contributed by atoms with E-state index in [-0.39, 0.29) is 18.9 Å². The molecule has 0 fully saturated rings. The van der Waals surface area contributed by atoms with E-state index in [9.17, 15) is 17.8 Å². The number of amides is 1. The van der Waals surface area contributed by atoms with Gasteiger partial charge in [0, 0.05) is 17.9 Å². The highest BCUT2D eigenvalue weighted by molar-refractivity contribution is 7.85. The lowest BCUT2D eigenvalue weighted by Gasteiger charge is -2.07. The molecule has 1 aromatic carbocycles. The van der Waals surface area contributed by atoms with Crippen molar-refractivity contribution in [2.75, 3.05) is 12.3 Å². The molecular weight excluding hydrogens is 230 g/mol. The summed E-state index contributed by atoms with van der Waals surface area (Å²) in [7, 11) is -4.19. The molecule has 0 heterocycles.